The summed E-state index contributed by atoms with van der Waals surface area (Å²) in [5, 5.41) is 21.8. The van der Waals surface area contributed by atoms with Crippen molar-refractivity contribution in [3.63, 3.8) is 0 Å². The SMILES string of the molecule is COc1ccc(NC(=O)C(N=Nc2ccc(-c3ccc(N=NC(C(C)=O)C(=O)Nc4ccc(OC)c(OC)c4)c(Cl)c3)c(Cl)c2)C(C)=O)cc1OC. The van der Waals surface area contributed by atoms with Gasteiger partial charge in [-0.25, -0.2) is 0 Å². The Hall–Kier alpha value is -5.86. The van der Waals surface area contributed by atoms with Crippen LogP contribution in [0.4, 0.5) is 22.7 Å². The Morgan fingerprint density at radius 1 is 0.577 bits per heavy atom. The van der Waals surface area contributed by atoms with Crippen molar-refractivity contribution in [1.29, 1.82) is 0 Å². The van der Waals surface area contributed by atoms with Crippen molar-refractivity contribution in [1.82, 2.24) is 0 Å². The van der Waals surface area contributed by atoms with Gasteiger partial charge in [-0.05, 0) is 67.9 Å². The third kappa shape index (κ3) is 9.68. The highest BCUT2D eigenvalue weighted by molar-refractivity contribution is 6.34. The minimum atomic E-state index is -1.44. The summed E-state index contributed by atoms with van der Waals surface area (Å²) in [6.45, 7) is 2.46. The number of anilines is 2. The van der Waals surface area contributed by atoms with Crippen LogP contribution in [0, 0.1) is 0 Å². The lowest BCUT2D eigenvalue weighted by Gasteiger charge is -2.12. The Labute approximate surface area is 309 Å². The first-order valence-electron chi connectivity index (χ1n) is 15.4. The average Bonchev–Trinajstić information content (AvgIpc) is 3.12. The van der Waals surface area contributed by atoms with Gasteiger partial charge in [-0.1, -0.05) is 35.3 Å². The van der Waals surface area contributed by atoms with Gasteiger partial charge in [0.25, 0.3) is 11.8 Å². The van der Waals surface area contributed by atoms with Gasteiger partial charge >= 0.3 is 0 Å². The molecule has 0 aliphatic rings. The Balaban J connectivity index is 1.46. The van der Waals surface area contributed by atoms with Crippen molar-refractivity contribution in [2.45, 2.75) is 25.9 Å². The van der Waals surface area contributed by atoms with Crippen LogP contribution in [0.3, 0.4) is 0 Å². The zero-order valence-electron chi connectivity index (χ0n) is 28.9. The second-order valence-corrected chi connectivity index (χ2v) is 11.7. The van der Waals surface area contributed by atoms with Gasteiger partial charge in [0.1, 0.15) is 5.69 Å². The molecule has 0 fully saturated rings. The lowest BCUT2D eigenvalue weighted by molar-refractivity contribution is -0.127. The van der Waals surface area contributed by atoms with E-state index in [0.717, 1.165) is 0 Å². The van der Waals surface area contributed by atoms with Crippen LogP contribution in [0.15, 0.2) is 93.3 Å². The number of Topliss-reactive ketones (excluding diaryl/α,β-unsaturated/α-hetero) is 2. The van der Waals surface area contributed by atoms with Gasteiger partial charge < -0.3 is 29.6 Å². The van der Waals surface area contributed by atoms with Gasteiger partial charge in [-0.2, -0.15) is 20.5 Å². The van der Waals surface area contributed by atoms with Crippen molar-refractivity contribution in [3.8, 4) is 34.1 Å². The summed E-state index contributed by atoms with van der Waals surface area (Å²) in [4.78, 5) is 50.4. The smallest absolute Gasteiger partial charge is 0.258 e. The van der Waals surface area contributed by atoms with E-state index in [1.165, 1.54) is 48.4 Å². The predicted octanol–water partition coefficient (Wildman–Crippen LogP) is 8.05. The lowest BCUT2D eigenvalue weighted by Crippen LogP contribution is -2.31. The van der Waals surface area contributed by atoms with Gasteiger partial charge in [0, 0.05) is 29.1 Å². The number of azo groups is 2. The highest BCUT2D eigenvalue weighted by Crippen LogP contribution is 2.36. The first-order valence-corrected chi connectivity index (χ1v) is 16.1. The largest absolute Gasteiger partial charge is 0.493 e. The van der Waals surface area contributed by atoms with E-state index in [4.69, 9.17) is 42.1 Å². The number of ketones is 2. The molecule has 2 N–H and O–H groups in total. The number of hydrogen-bond acceptors (Lipinski definition) is 12. The molecule has 2 amide bonds. The van der Waals surface area contributed by atoms with Gasteiger partial charge in [0.15, 0.2) is 34.6 Å². The van der Waals surface area contributed by atoms with Crippen LogP contribution in [0.5, 0.6) is 23.0 Å². The third-order valence-corrected chi connectivity index (χ3v) is 7.97. The minimum absolute atomic E-state index is 0.175. The molecule has 0 aliphatic carbocycles. The lowest BCUT2D eigenvalue weighted by atomic mass is 10.0. The molecular weight excluding hydrogens is 715 g/mol. The van der Waals surface area contributed by atoms with E-state index >= 15 is 0 Å². The fourth-order valence-electron chi connectivity index (χ4n) is 4.69. The Bertz CT molecular complexity index is 2060. The first kappa shape index (κ1) is 38.9. The number of nitrogens with zero attached hydrogens (tertiary/aromatic N) is 4. The number of rotatable bonds is 15. The second-order valence-electron chi connectivity index (χ2n) is 10.9. The molecule has 52 heavy (non-hydrogen) atoms. The van der Waals surface area contributed by atoms with Crippen LogP contribution in [-0.2, 0) is 19.2 Å². The van der Waals surface area contributed by atoms with Gasteiger partial charge in [-0.3, -0.25) is 19.2 Å². The van der Waals surface area contributed by atoms with Crippen LogP contribution < -0.4 is 29.6 Å². The number of carbonyl (C=O) groups excluding carboxylic acids is 4. The van der Waals surface area contributed by atoms with Crippen LogP contribution in [0.1, 0.15) is 13.8 Å². The van der Waals surface area contributed by atoms with Crippen LogP contribution in [0.2, 0.25) is 10.0 Å². The summed E-state index contributed by atoms with van der Waals surface area (Å²) in [7, 11) is 5.90. The molecule has 14 nitrogen and oxygen atoms in total. The normalized spacial score (nSPS) is 12.2. The summed E-state index contributed by atoms with van der Waals surface area (Å²) in [5.74, 6) is -0.722. The molecule has 4 rings (SSSR count). The first-order chi connectivity index (χ1) is 24.9. The molecule has 0 aliphatic heterocycles. The molecule has 4 aromatic rings. The topological polar surface area (TPSA) is 179 Å². The number of ether oxygens (including phenoxy) is 4. The molecule has 0 bridgehead atoms. The van der Waals surface area contributed by atoms with E-state index in [0.29, 0.717) is 45.5 Å². The highest BCUT2D eigenvalue weighted by Gasteiger charge is 2.25. The van der Waals surface area contributed by atoms with Crippen molar-refractivity contribution in [2.75, 3.05) is 39.1 Å². The molecular formula is C36H34Cl2N6O8. The molecule has 16 heteroatoms. The van der Waals surface area contributed by atoms with E-state index < -0.39 is 35.5 Å². The molecule has 0 radical (unpaired) electrons. The van der Waals surface area contributed by atoms with Crippen LogP contribution in [-0.4, -0.2) is 63.9 Å². The Kier molecular flexibility index (Phi) is 13.4. The standard InChI is InChI=1S/C36H34Cl2N6O8/c1-19(45)33(35(47)39-22-9-13-29(49-3)31(17-22)51-5)43-41-24-8-11-25(26(37)16-24)21-7-12-28(27(38)15-21)42-44-34(20(2)46)36(48)40-23-10-14-30(50-4)32(18-23)52-6/h7-18,33-34H,1-6H3,(H,39,47)(H,40,48). The summed E-state index contributed by atoms with van der Waals surface area (Å²) in [6, 6.07) is 16.3. The summed E-state index contributed by atoms with van der Waals surface area (Å²) >= 11 is 13.1. The third-order valence-electron chi connectivity index (χ3n) is 7.35. The van der Waals surface area contributed by atoms with E-state index in [2.05, 4.69) is 31.1 Å². The summed E-state index contributed by atoms with van der Waals surface area (Å²) < 4.78 is 20.9. The maximum atomic E-state index is 12.9. The predicted molar refractivity (Wildman–Crippen MR) is 196 cm³/mol. The Morgan fingerprint density at radius 3 is 1.52 bits per heavy atom. The number of carbonyl (C=O) groups is 4. The van der Waals surface area contributed by atoms with Crippen molar-refractivity contribution in [3.05, 3.63) is 82.8 Å². The number of halogens is 2. The zero-order valence-corrected chi connectivity index (χ0v) is 30.4. The molecule has 0 saturated heterocycles. The number of benzene rings is 4. The summed E-state index contributed by atoms with van der Waals surface area (Å²) in [5.41, 5.74) is 2.43. The highest BCUT2D eigenvalue weighted by atomic mass is 35.5. The van der Waals surface area contributed by atoms with Gasteiger partial charge in [-0.15, -0.1) is 0 Å². The van der Waals surface area contributed by atoms with E-state index in [1.807, 2.05) is 0 Å². The molecule has 4 aromatic carbocycles. The van der Waals surface area contributed by atoms with Crippen molar-refractivity contribution < 1.29 is 38.1 Å². The monoisotopic (exact) mass is 748 g/mol. The molecule has 270 valence electrons. The molecule has 0 spiro atoms. The Morgan fingerprint density at radius 2 is 1.08 bits per heavy atom. The average molecular weight is 750 g/mol. The summed E-state index contributed by atoms with van der Waals surface area (Å²) in [6.07, 6.45) is 0. The van der Waals surface area contributed by atoms with Crippen molar-refractivity contribution in [2.24, 2.45) is 20.5 Å². The molecule has 2 unspecified atom stereocenters. The zero-order chi connectivity index (χ0) is 37.9. The molecule has 2 atom stereocenters. The van der Waals surface area contributed by atoms with Gasteiger partial charge in [0.05, 0.1) is 44.2 Å². The molecule has 0 aromatic heterocycles. The molecule has 0 heterocycles. The fraction of sp³-hybridized carbons (Fsp3) is 0.222. The maximum absolute atomic E-state index is 12.9. The van der Waals surface area contributed by atoms with E-state index in [9.17, 15) is 19.2 Å². The number of amides is 2. The van der Waals surface area contributed by atoms with Crippen LogP contribution >= 0.6 is 23.2 Å². The maximum Gasteiger partial charge on any atom is 0.258 e. The van der Waals surface area contributed by atoms with Crippen molar-refractivity contribution >= 4 is 69.3 Å². The van der Waals surface area contributed by atoms with E-state index in [-0.39, 0.29) is 21.4 Å². The molecule has 0 saturated carbocycles. The minimum Gasteiger partial charge on any atom is -0.493 e. The van der Waals surface area contributed by atoms with E-state index in [1.54, 1.807) is 66.7 Å². The number of methoxy groups -OCH3 is 4. The second kappa shape index (κ2) is 17.9. The van der Waals surface area contributed by atoms with Crippen LogP contribution in [0.25, 0.3) is 11.1 Å². The number of nitrogens with one attached hydrogen (secondary N) is 2. The quantitative estimate of drug-likeness (QED) is 0.0905. The number of hydrogen-bond donors (Lipinski definition) is 2. The van der Waals surface area contributed by atoms with Gasteiger partial charge in [0.2, 0.25) is 12.1 Å². The fourth-order valence-corrected chi connectivity index (χ4v) is 5.19.